The number of hydrogen-bond donors (Lipinski definition) is 1. The lowest BCUT2D eigenvalue weighted by atomic mass is 10.2. The van der Waals surface area contributed by atoms with Gasteiger partial charge < -0.3 is 10.1 Å². The molecule has 0 fully saturated rings. The van der Waals surface area contributed by atoms with E-state index in [1.165, 1.54) is 10.2 Å². The van der Waals surface area contributed by atoms with Crippen LogP contribution >= 0.6 is 0 Å². The number of nitrogens with one attached hydrogen (secondary N) is 1. The lowest BCUT2D eigenvalue weighted by Gasteiger charge is -2.23. The Hall–Kier alpha value is -2.45. The Balaban J connectivity index is 1.47. The molecule has 1 atom stereocenters. The maximum atomic E-state index is 12.3. The predicted octanol–water partition coefficient (Wildman–Crippen LogP) is 0.682. The highest BCUT2D eigenvalue weighted by atomic mass is 16.5. The summed E-state index contributed by atoms with van der Waals surface area (Å²) in [6, 6.07) is 10.3. The first-order valence-corrected chi connectivity index (χ1v) is 9.36. The van der Waals surface area contributed by atoms with Crippen molar-refractivity contribution < 1.29 is 9.53 Å². The van der Waals surface area contributed by atoms with E-state index in [1.807, 2.05) is 18.2 Å². The maximum Gasteiger partial charge on any atom is 0.345 e. The third kappa shape index (κ3) is 4.84. The first kappa shape index (κ1) is 19.3. The summed E-state index contributed by atoms with van der Waals surface area (Å²) in [6.07, 6.45) is -0.305. The van der Waals surface area contributed by atoms with Crippen molar-refractivity contribution >= 4 is 5.91 Å². The van der Waals surface area contributed by atoms with Crippen molar-refractivity contribution in [2.24, 2.45) is 7.05 Å². The molecule has 0 saturated carbocycles. The summed E-state index contributed by atoms with van der Waals surface area (Å²) in [7, 11) is 1.61. The van der Waals surface area contributed by atoms with Gasteiger partial charge in [-0.2, -0.15) is 5.10 Å². The fourth-order valence-corrected chi connectivity index (χ4v) is 3.27. The van der Waals surface area contributed by atoms with E-state index in [4.69, 9.17) is 4.74 Å². The molecule has 1 aliphatic heterocycles. The molecule has 3 rings (SSSR count). The zero-order valence-corrected chi connectivity index (χ0v) is 15.9. The number of carbonyl (C=O) groups is 1. The number of aromatic nitrogens is 3. The fraction of sp³-hybridized carbons (Fsp3) is 0.526. The molecular formula is C19H27N5O3. The Bertz CT molecular complexity index is 814. The molecular weight excluding hydrogens is 346 g/mol. The SMILES string of the molecule is CCN(CCNC(=O)CC1OCCn2c1nn(C)c2=O)Cc1ccccc1. The number of carbonyl (C=O) groups excluding carboxylic acids is 1. The lowest BCUT2D eigenvalue weighted by molar-refractivity contribution is -0.125. The van der Waals surface area contributed by atoms with Crippen LogP contribution < -0.4 is 11.0 Å². The highest BCUT2D eigenvalue weighted by Crippen LogP contribution is 2.21. The van der Waals surface area contributed by atoms with E-state index in [9.17, 15) is 9.59 Å². The zero-order chi connectivity index (χ0) is 19.2. The van der Waals surface area contributed by atoms with Gasteiger partial charge in [0, 0.05) is 26.7 Å². The van der Waals surface area contributed by atoms with E-state index in [1.54, 1.807) is 11.6 Å². The molecule has 1 aromatic heterocycles. The van der Waals surface area contributed by atoms with Crippen LogP contribution in [-0.2, 0) is 29.7 Å². The molecule has 0 bridgehead atoms. The van der Waals surface area contributed by atoms with Gasteiger partial charge in [-0.25, -0.2) is 9.48 Å². The lowest BCUT2D eigenvalue weighted by Crippen LogP contribution is -2.36. The van der Waals surface area contributed by atoms with Crippen LogP contribution in [0, 0.1) is 0 Å². The number of ether oxygens (including phenoxy) is 1. The van der Waals surface area contributed by atoms with Crippen LogP contribution in [0.5, 0.6) is 0 Å². The van der Waals surface area contributed by atoms with E-state index in [2.05, 4.69) is 34.4 Å². The molecule has 1 unspecified atom stereocenters. The quantitative estimate of drug-likeness (QED) is 0.736. The molecule has 2 aromatic rings. The third-order valence-electron chi connectivity index (χ3n) is 4.78. The average Bonchev–Trinajstić information content (AvgIpc) is 2.97. The number of hydrogen-bond acceptors (Lipinski definition) is 5. The van der Waals surface area contributed by atoms with E-state index in [0.717, 1.165) is 19.6 Å². The molecule has 1 aliphatic rings. The molecule has 27 heavy (non-hydrogen) atoms. The highest BCUT2D eigenvalue weighted by molar-refractivity contribution is 5.76. The van der Waals surface area contributed by atoms with Crippen LogP contribution in [-0.4, -0.2) is 51.4 Å². The summed E-state index contributed by atoms with van der Waals surface area (Å²) in [5.41, 5.74) is 1.09. The first-order chi connectivity index (χ1) is 13.1. The molecule has 8 nitrogen and oxygen atoms in total. The minimum Gasteiger partial charge on any atom is -0.368 e. The largest absolute Gasteiger partial charge is 0.368 e. The topological polar surface area (TPSA) is 81.4 Å². The normalized spacial score (nSPS) is 16.3. The molecule has 8 heteroatoms. The first-order valence-electron chi connectivity index (χ1n) is 9.36. The summed E-state index contributed by atoms with van der Waals surface area (Å²) >= 11 is 0. The molecule has 0 saturated heterocycles. The number of nitrogens with zero attached hydrogens (tertiary/aromatic N) is 4. The number of fused-ring (bicyclic) bond motifs is 1. The second kappa shape index (κ2) is 8.96. The summed E-state index contributed by atoms with van der Waals surface area (Å²) in [5, 5.41) is 7.16. The average molecular weight is 373 g/mol. The molecule has 1 amide bonds. The van der Waals surface area contributed by atoms with Crippen molar-refractivity contribution in [2.45, 2.75) is 32.5 Å². The van der Waals surface area contributed by atoms with Gasteiger partial charge in [-0.3, -0.25) is 14.3 Å². The molecule has 146 valence electrons. The minimum atomic E-state index is -0.473. The van der Waals surface area contributed by atoms with Gasteiger partial charge in [0.1, 0.15) is 6.10 Å². The fourth-order valence-electron chi connectivity index (χ4n) is 3.27. The number of aryl methyl sites for hydroxylation is 1. The third-order valence-corrected chi connectivity index (χ3v) is 4.78. The van der Waals surface area contributed by atoms with Crippen LogP contribution in [0.1, 0.15) is 30.8 Å². The second-order valence-electron chi connectivity index (χ2n) is 6.68. The van der Waals surface area contributed by atoms with Crippen LogP contribution in [0.25, 0.3) is 0 Å². The van der Waals surface area contributed by atoms with E-state index >= 15 is 0 Å². The van der Waals surface area contributed by atoms with Crippen molar-refractivity contribution in [3.05, 3.63) is 52.2 Å². The predicted molar refractivity (Wildman–Crippen MR) is 101 cm³/mol. The van der Waals surface area contributed by atoms with Crippen LogP contribution in [0.4, 0.5) is 0 Å². The molecule has 0 radical (unpaired) electrons. The zero-order valence-electron chi connectivity index (χ0n) is 15.9. The van der Waals surface area contributed by atoms with Crippen molar-refractivity contribution in [1.82, 2.24) is 24.6 Å². The highest BCUT2D eigenvalue weighted by Gasteiger charge is 2.28. The van der Waals surface area contributed by atoms with E-state index < -0.39 is 6.10 Å². The number of rotatable bonds is 8. The van der Waals surface area contributed by atoms with Gasteiger partial charge in [-0.05, 0) is 12.1 Å². The monoisotopic (exact) mass is 373 g/mol. The summed E-state index contributed by atoms with van der Waals surface area (Å²) < 4.78 is 8.54. The van der Waals surface area contributed by atoms with Gasteiger partial charge in [-0.15, -0.1) is 0 Å². The van der Waals surface area contributed by atoms with Gasteiger partial charge in [0.15, 0.2) is 5.82 Å². The smallest absolute Gasteiger partial charge is 0.345 e. The van der Waals surface area contributed by atoms with Crippen molar-refractivity contribution in [1.29, 1.82) is 0 Å². The van der Waals surface area contributed by atoms with Gasteiger partial charge in [0.25, 0.3) is 0 Å². The molecule has 0 aliphatic carbocycles. The van der Waals surface area contributed by atoms with Crippen molar-refractivity contribution in [2.75, 3.05) is 26.2 Å². The van der Waals surface area contributed by atoms with Gasteiger partial charge in [-0.1, -0.05) is 37.3 Å². The molecule has 1 aromatic carbocycles. The van der Waals surface area contributed by atoms with Crippen LogP contribution in [0.3, 0.4) is 0 Å². The Morgan fingerprint density at radius 1 is 1.37 bits per heavy atom. The Kier molecular flexibility index (Phi) is 6.41. The summed E-state index contributed by atoms with van der Waals surface area (Å²) in [4.78, 5) is 26.6. The van der Waals surface area contributed by atoms with Crippen molar-refractivity contribution in [3.63, 3.8) is 0 Å². The number of amides is 1. The summed E-state index contributed by atoms with van der Waals surface area (Å²) in [6.45, 7) is 6.12. The standard InChI is InChI=1S/C19H27N5O3/c1-3-23(14-15-7-5-4-6-8-15)10-9-20-17(25)13-16-18-21-22(2)19(26)24(18)11-12-27-16/h4-8,16H,3,9-14H2,1-2H3,(H,20,25). The number of likely N-dealkylation sites (N-methyl/N-ethyl adjacent to an activating group) is 1. The van der Waals surface area contributed by atoms with Gasteiger partial charge in [0.2, 0.25) is 5.91 Å². The Labute approximate surface area is 158 Å². The molecule has 0 spiro atoms. The minimum absolute atomic E-state index is 0.0951. The van der Waals surface area contributed by atoms with Gasteiger partial charge in [0.05, 0.1) is 19.6 Å². The molecule has 1 N–H and O–H groups in total. The Morgan fingerprint density at radius 2 is 2.15 bits per heavy atom. The summed E-state index contributed by atoms with van der Waals surface area (Å²) in [5.74, 6) is 0.436. The Morgan fingerprint density at radius 3 is 2.89 bits per heavy atom. The van der Waals surface area contributed by atoms with Crippen LogP contribution in [0.2, 0.25) is 0 Å². The second-order valence-corrected chi connectivity index (χ2v) is 6.68. The maximum absolute atomic E-state index is 12.3. The van der Waals surface area contributed by atoms with Crippen LogP contribution in [0.15, 0.2) is 35.1 Å². The van der Waals surface area contributed by atoms with E-state index in [-0.39, 0.29) is 18.0 Å². The van der Waals surface area contributed by atoms with E-state index in [0.29, 0.717) is 25.5 Å². The molecule has 2 heterocycles. The van der Waals surface area contributed by atoms with Gasteiger partial charge >= 0.3 is 5.69 Å². The van der Waals surface area contributed by atoms with Crippen molar-refractivity contribution in [3.8, 4) is 0 Å². The number of benzene rings is 1.